The van der Waals surface area contributed by atoms with E-state index in [2.05, 4.69) is 5.32 Å². The number of fused-ring (bicyclic) bond motifs is 1. The van der Waals surface area contributed by atoms with Crippen LogP contribution in [-0.4, -0.2) is 25.6 Å². The van der Waals surface area contributed by atoms with E-state index in [0.29, 0.717) is 21.3 Å². The van der Waals surface area contributed by atoms with Gasteiger partial charge in [-0.15, -0.1) is 11.3 Å². The number of anilines is 1. The predicted octanol–water partition coefficient (Wildman–Crippen LogP) is 4.78. The Balaban J connectivity index is 1.64. The molecular weight excluding hydrogens is 386 g/mol. The van der Waals surface area contributed by atoms with Crippen molar-refractivity contribution >= 4 is 39.8 Å². The van der Waals surface area contributed by atoms with Crippen LogP contribution in [-0.2, 0) is 22.4 Å². The maximum atomic E-state index is 12.4. The summed E-state index contributed by atoms with van der Waals surface area (Å²) < 4.78 is 10.6. The minimum Gasteiger partial charge on any atom is -0.493 e. The molecule has 144 valence electrons. The van der Waals surface area contributed by atoms with Crippen LogP contribution in [0.4, 0.5) is 5.00 Å². The second-order valence-corrected chi connectivity index (χ2v) is 8.00. The highest BCUT2D eigenvalue weighted by Gasteiger charge is 2.26. The van der Waals surface area contributed by atoms with Gasteiger partial charge in [-0.1, -0.05) is 11.6 Å². The van der Waals surface area contributed by atoms with Crippen LogP contribution in [0.3, 0.4) is 0 Å². The molecule has 2 aromatic rings. The fourth-order valence-corrected chi connectivity index (χ4v) is 4.71. The monoisotopic (exact) mass is 407 g/mol. The van der Waals surface area contributed by atoms with E-state index in [9.17, 15) is 9.59 Å². The number of esters is 1. The number of rotatable bonds is 6. The van der Waals surface area contributed by atoms with Crippen LogP contribution >= 0.6 is 22.9 Å². The van der Waals surface area contributed by atoms with Crippen LogP contribution in [0.25, 0.3) is 0 Å². The standard InChI is InChI=1S/C20H22ClNO4S/c1-12-11-13(21)7-8-15(12)26-10-9-17(23)22-19-18(20(24)25-2)14-5-3-4-6-16(14)27-19/h7-8,11H,3-6,9-10H2,1-2H3,(H,22,23). The first-order chi connectivity index (χ1) is 13.0. The summed E-state index contributed by atoms with van der Waals surface area (Å²) in [7, 11) is 1.36. The molecule has 3 rings (SSSR count). The molecule has 1 N–H and O–H groups in total. The summed E-state index contributed by atoms with van der Waals surface area (Å²) in [6.07, 6.45) is 4.14. The molecule has 1 aliphatic rings. The number of ether oxygens (including phenoxy) is 2. The molecule has 1 heterocycles. The van der Waals surface area contributed by atoms with Crippen LogP contribution in [0, 0.1) is 6.92 Å². The normalized spacial score (nSPS) is 13.0. The predicted molar refractivity (Wildman–Crippen MR) is 107 cm³/mol. The summed E-state index contributed by atoms with van der Waals surface area (Å²) in [5.74, 6) is 0.122. The van der Waals surface area contributed by atoms with Gasteiger partial charge in [-0.05, 0) is 61.9 Å². The number of thiophene rings is 1. The molecule has 1 aromatic heterocycles. The van der Waals surface area contributed by atoms with Crippen LogP contribution in [0.15, 0.2) is 18.2 Å². The number of hydrogen-bond acceptors (Lipinski definition) is 5. The lowest BCUT2D eigenvalue weighted by Gasteiger charge is -2.12. The van der Waals surface area contributed by atoms with Gasteiger partial charge < -0.3 is 14.8 Å². The van der Waals surface area contributed by atoms with E-state index in [-0.39, 0.29) is 18.9 Å². The van der Waals surface area contributed by atoms with Crippen molar-refractivity contribution in [3.05, 3.63) is 44.8 Å². The summed E-state index contributed by atoms with van der Waals surface area (Å²) in [6, 6.07) is 5.36. The molecule has 1 aromatic carbocycles. The molecule has 5 nitrogen and oxygen atoms in total. The number of benzene rings is 1. The molecule has 0 bridgehead atoms. The molecule has 7 heteroatoms. The molecule has 0 saturated carbocycles. The Bertz CT molecular complexity index is 862. The number of amides is 1. The molecule has 1 amide bonds. The molecular formula is C20H22ClNO4S. The number of halogens is 1. The second kappa shape index (κ2) is 8.76. The molecule has 27 heavy (non-hydrogen) atoms. The van der Waals surface area contributed by atoms with Crippen molar-refractivity contribution in [3.8, 4) is 5.75 Å². The Morgan fingerprint density at radius 1 is 1.26 bits per heavy atom. The molecule has 1 aliphatic carbocycles. The van der Waals surface area contributed by atoms with Crippen molar-refractivity contribution in [2.75, 3.05) is 19.0 Å². The lowest BCUT2D eigenvalue weighted by Crippen LogP contribution is -2.17. The van der Waals surface area contributed by atoms with Gasteiger partial charge in [-0.2, -0.15) is 0 Å². The lowest BCUT2D eigenvalue weighted by atomic mass is 9.95. The molecule has 0 saturated heterocycles. The molecule has 0 fully saturated rings. The summed E-state index contributed by atoms with van der Waals surface area (Å²) in [4.78, 5) is 25.7. The van der Waals surface area contributed by atoms with Gasteiger partial charge in [-0.3, -0.25) is 4.79 Å². The fourth-order valence-electron chi connectivity index (χ4n) is 3.19. The number of carbonyl (C=O) groups excluding carboxylic acids is 2. The van der Waals surface area contributed by atoms with E-state index in [1.165, 1.54) is 23.3 Å². The van der Waals surface area contributed by atoms with Crippen LogP contribution in [0.2, 0.25) is 5.02 Å². The average molecular weight is 408 g/mol. The average Bonchev–Trinajstić information content (AvgIpc) is 3.00. The van der Waals surface area contributed by atoms with Crippen LogP contribution in [0.5, 0.6) is 5.75 Å². The van der Waals surface area contributed by atoms with E-state index in [1.54, 1.807) is 12.1 Å². The number of aryl methyl sites for hydroxylation is 2. The van der Waals surface area contributed by atoms with Gasteiger partial charge in [0, 0.05) is 9.90 Å². The van der Waals surface area contributed by atoms with Crippen molar-refractivity contribution in [2.45, 2.75) is 39.0 Å². The van der Waals surface area contributed by atoms with E-state index in [4.69, 9.17) is 21.1 Å². The van der Waals surface area contributed by atoms with Gasteiger partial charge in [0.05, 0.1) is 25.7 Å². The zero-order chi connectivity index (χ0) is 19.4. The van der Waals surface area contributed by atoms with Crippen molar-refractivity contribution in [3.63, 3.8) is 0 Å². The third-order valence-corrected chi connectivity index (χ3v) is 5.98. The van der Waals surface area contributed by atoms with Crippen molar-refractivity contribution < 1.29 is 19.1 Å². The van der Waals surface area contributed by atoms with Crippen molar-refractivity contribution in [1.82, 2.24) is 0 Å². The summed E-state index contributed by atoms with van der Waals surface area (Å²) in [5.41, 5.74) is 2.46. The Labute approximate surface area is 167 Å². The van der Waals surface area contributed by atoms with Gasteiger partial charge in [0.1, 0.15) is 10.8 Å². The van der Waals surface area contributed by atoms with E-state index < -0.39 is 5.97 Å². The highest BCUT2D eigenvalue weighted by Crippen LogP contribution is 2.38. The lowest BCUT2D eigenvalue weighted by molar-refractivity contribution is -0.116. The molecule has 0 unspecified atom stereocenters. The summed E-state index contributed by atoms with van der Waals surface area (Å²) in [5, 5.41) is 4.10. The van der Waals surface area contributed by atoms with Gasteiger partial charge >= 0.3 is 5.97 Å². The minimum absolute atomic E-state index is 0.186. The maximum Gasteiger partial charge on any atom is 0.341 e. The molecule has 0 radical (unpaired) electrons. The third kappa shape index (κ3) is 4.62. The fraction of sp³-hybridized carbons (Fsp3) is 0.400. The van der Waals surface area contributed by atoms with Crippen molar-refractivity contribution in [2.24, 2.45) is 0 Å². The second-order valence-electron chi connectivity index (χ2n) is 6.46. The number of methoxy groups -OCH3 is 1. The molecule has 0 atom stereocenters. The first-order valence-electron chi connectivity index (χ1n) is 8.91. The Hall–Kier alpha value is -2.05. The van der Waals surface area contributed by atoms with Crippen molar-refractivity contribution in [1.29, 1.82) is 0 Å². The van der Waals surface area contributed by atoms with Gasteiger partial charge in [0.2, 0.25) is 5.91 Å². The summed E-state index contributed by atoms with van der Waals surface area (Å²) >= 11 is 7.41. The number of nitrogens with one attached hydrogen (secondary N) is 1. The smallest absolute Gasteiger partial charge is 0.341 e. The first kappa shape index (κ1) is 19.7. The minimum atomic E-state index is -0.391. The Morgan fingerprint density at radius 2 is 2.04 bits per heavy atom. The highest BCUT2D eigenvalue weighted by molar-refractivity contribution is 7.17. The first-order valence-corrected chi connectivity index (χ1v) is 10.1. The SMILES string of the molecule is COC(=O)c1c(NC(=O)CCOc2ccc(Cl)cc2C)sc2c1CCCC2. The third-order valence-electron chi connectivity index (χ3n) is 4.54. The zero-order valence-electron chi connectivity index (χ0n) is 15.4. The van der Waals surface area contributed by atoms with Gasteiger partial charge in [0.15, 0.2) is 0 Å². The summed E-state index contributed by atoms with van der Waals surface area (Å²) in [6.45, 7) is 2.15. The number of hydrogen-bond donors (Lipinski definition) is 1. The zero-order valence-corrected chi connectivity index (χ0v) is 17.0. The van der Waals surface area contributed by atoms with E-state index in [1.807, 2.05) is 13.0 Å². The maximum absolute atomic E-state index is 12.4. The van der Waals surface area contributed by atoms with E-state index >= 15 is 0 Å². The van der Waals surface area contributed by atoms with Gasteiger partial charge in [0.25, 0.3) is 0 Å². The Morgan fingerprint density at radius 3 is 2.78 bits per heavy atom. The van der Waals surface area contributed by atoms with Crippen LogP contribution in [0.1, 0.15) is 45.6 Å². The number of carbonyl (C=O) groups is 2. The largest absolute Gasteiger partial charge is 0.493 e. The Kier molecular flexibility index (Phi) is 6.39. The molecule has 0 spiro atoms. The highest BCUT2D eigenvalue weighted by atomic mass is 35.5. The van der Waals surface area contributed by atoms with Gasteiger partial charge in [-0.25, -0.2) is 4.79 Å². The quantitative estimate of drug-likeness (QED) is 0.699. The molecule has 0 aliphatic heterocycles. The topological polar surface area (TPSA) is 64.6 Å². The van der Waals surface area contributed by atoms with E-state index in [0.717, 1.165) is 36.8 Å². The van der Waals surface area contributed by atoms with Crippen LogP contribution < -0.4 is 10.1 Å².